The van der Waals surface area contributed by atoms with Crippen LogP contribution in [0.4, 0.5) is 4.79 Å². The van der Waals surface area contributed by atoms with Crippen molar-refractivity contribution in [2.24, 2.45) is 17.8 Å². The van der Waals surface area contributed by atoms with E-state index in [0.29, 0.717) is 6.42 Å². The lowest BCUT2D eigenvalue weighted by Gasteiger charge is -2.26. The number of nitrogens with one attached hydrogen (secondary N) is 2. The van der Waals surface area contributed by atoms with Gasteiger partial charge < -0.3 is 25.2 Å². The maximum absolute atomic E-state index is 12.0. The van der Waals surface area contributed by atoms with Gasteiger partial charge in [0.25, 0.3) is 0 Å². The molecule has 0 radical (unpaired) electrons. The zero-order chi connectivity index (χ0) is 19.0. The smallest absolute Gasteiger partial charge is 0.407 e. The molecule has 1 aliphatic carbocycles. The molecule has 4 atom stereocenters. The first-order valence-corrected chi connectivity index (χ1v) is 8.30. The summed E-state index contributed by atoms with van der Waals surface area (Å²) in [5.41, 5.74) is 0. The van der Waals surface area contributed by atoms with Crippen molar-refractivity contribution >= 4 is 23.9 Å². The molecule has 0 aromatic carbocycles. The number of ether oxygens (including phenoxy) is 2. The maximum atomic E-state index is 12.0. The summed E-state index contributed by atoms with van der Waals surface area (Å²) in [4.78, 5) is 46.7. The molecular formula is C16H26N2O7. The molecule has 0 aromatic rings. The lowest BCUT2D eigenvalue weighted by Crippen LogP contribution is -2.48. The van der Waals surface area contributed by atoms with Gasteiger partial charge in [-0.3, -0.25) is 14.4 Å². The Kier molecular flexibility index (Phi) is 8.17. The quantitative estimate of drug-likeness (QED) is 0.426. The van der Waals surface area contributed by atoms with Crippen LogP contribution in [0.1, 0.15) is 33.1 Å². The molecule has 0 heterocycles. The molecule has 2 amide bonds. The van der Waals surface area contributed by atoms with Gasteiger partial charge in [-0.15, -0.1) is 0 Å². The zero-order valence-electron chi connectivity index (χ0n) is 14.7. The Morgan fingerprint density at radius 1 is 1.20 bits per heavy atom. The first-order chi connectivity index (χ1) is 11.8. The molecule has 1 fully saturated rings. The molecule has 0 aliphatic heterocycles. The Balaban J connectivity index is 2.94. The van der Waals surface area contributed by atoms with E-state index >= 15 is 0 Å². The fraction of sp³-hybridized carbons (Fsp3) is 0.750. The van der Waals surface area contributed by atoms with Gasteiger partial charge >= 0.3 is 18.0 Å². The van der Waals surface area contributed by atoms with Crippen LogP contribution in [-0.2, 0) is 23.9 Å². The number of carboxylic acids is 1. The molecule has 0 spiro atoms. The van der Waals surface area contributed by atoms with Gasteiger partial charge in [-0.25, -0.2) is 4.79 Å². The molecule has 1 aliphatic rings. The van der Waals surface area contributed by atoms with Crippen LogP contribution in [0.15, 0.2) is 0 Å². The minimum absolute atomic E-state index is 0.0200. The molecule has 9 nitrogen and oxygen atoms in total. The zero-order valence-corrected chi connectivity index (χ0v) is 14.7. The van der Waals surface area contributed by atoms with Crippen molar-refractivity contribution in [2.75, 3.05) is 20.3 Å². The fourth-order valence-electron chi connectivity index (χ4n) is 3.05. The molecule has 0 aromatic heterocycles. The van der Waals surface area contributed by atoms with Crippen LogP contribution in [-0.4, -0.2) is 55.3 Å². The Labute approximate surface area is 146 Å². The van der Waals surface area contributed by atoms with E-state index in [1.807, 2.05) is 6.92 Å². The third-order valence-corrected chi connectivity index (χ3v) is 4.34. The molecule has 1 saturated carbocycles. The van der Waals surface area contributed by atoms with Gasteiger partial charge in [0.2, 0.25) is 5.91 Å². The second-order valence-corrected chi connectivity index (χ2v) is 6.07. The normalized spacial score (nSPS) is 25.1. The van der Waals surface area contributed by atoms with Crippen molar-refractivity contribution in [1.29, 1.82) is 0 Å². The topological polar surface area (TPSA) is 131 Å². The number of unbranched alkanes of at least 4 members (excludes halogenated alkanes) is 1. The SMILES string of the molecule is CCCCOC(=O)N[C@H]1[C@@H](CNC(C)=O)[C@H](C(=O)O)C[C@@H]1C(=O)OC. The minimum Gasteiger partial charge on any atom is -0.481 e. The van der Waals surface area contributed by atoms with E-state index in [1.54, 1.807) is 0 Å². The highest BCUT2D eigenvalue weighted by atomic mass is 16.5. The monoisotopic (exact) mass is 358 g/mol. The minimum atomic E-state index is -1.09. The summed E-state index contributed by atoms with van der Waals surface area (Å²) in [6.45, 7) is 3.52. The molecule has 0 unspecified atom stereocenters. The van der Waals surface area contributed by atoms with Gasteiger partial charge in [0.05, 0.1) is 31.6 Å². The maximum Gasteiger partial charge on any atom is 0.407 e. The molecule has 3 N–H and O–H groups in total. The van der Waals surface area contributed by atoms with Gasteiger partial charge in [0, 0.05) is 19.4 Å². The number of carbonyl (C=O) groups is 4. The van der Waals surface area contributed by atoms with Crippen LogP contribution in [0.25, 0.3) is 0 Å². The van der Waals surface area contributed by atoms with E-state index < -0.39 is 41.8 Å². The van der Waals surface area contributed by atoms with E-state index in [1.165, 1.54) is 14.0 Å². The third kappa shape index (κ3) is 5.91. The van der Waals surface area contributed by atoms with Crippen molar-refractivity contribution in [3.8, 4) is 0 Å². The number of amides is 2. The van der Waals surface area contributed by atoms with Crippen LogP contribution in [0.5, 0.6) is 0 Å². The van der Waals surface area contributed by atoms with Crippen molar-refractivity contribution in [3.05, 3.63) is 0 Å². The van der Waals surface area contributed by atoms with Gasteiger partial charge in [0.15, 0.2) is 0 Å². The predicted molar refractivity (Wildman–Crippen MR) is 86.6 cm³/mol. The Bertz CT molecular complexity index is 509. The Morgan fingerprint density at radius 3 is 2.40 bits per heavy atom. The van der Waals surface area contributed by atoms with Crippen LogP contribution in [0, 0.1) is 17.8 Å². The predicted octanol–water partition coefficient (Wildman–Crippen LogP) is 0.527. The fourth-order valence-corrected chi connectivity index (χ4v) is 3.05. The number of aliphatic carboxylic acids is 1. The Morgan fingerprint density at radius 2 is 1.88 bits per heavy atom. The standard InChI is InChI=1S/C16H26N2O7/c1-4-5-6-25-16(23)18-13-11(15(22)24-3)7-10(14(20)21)12(13)8-17-9(2)19/h10-13H,4-8H2,1-3H3,(H,17,19)(H,18,23)(H,20,21)/t10-,11+,12+,13-/m1/s1. The van der Waals surface area contributed by atoms with E-state index in [-0.39, 0.29) is 25.5 Å². The second-order valence-electron chi connectivity index (χ2n) is 6.07. The number of carboxylic acid groups (broad SMARTS) is 1. The number of alkyl carbamates (subject to hydrolysis) is 1. The van der Waals surface area contributed by atoms with E-state index in [9.17, 15) is 24.3 Å². The van der Waals surface area contributed by atoms with E-state index in [2.05, 4.69) is 10.6 Å². The number of methoxy groups -OCH3 is 1. The summed E-state index contributed by atoms with van der Waals surface area (Å²) in [5.74, 6) is -4.37. The van der Waals surface area contributed by atoms with E-state index in [4.69, 9.17) is 9.47 Å². The molecule has 1 rings (SSSR count). The second kappa shape index (κ2) is 9.85. The number of esters is 1. The van der Waals surface area contributed by atoms with Gasteiger partial charge in [-0.05, 0) is 12.8 Å². The summed E-state index contributed by atoms with van der Waals surface area (Å²) in [6.07, 6.45) is 0.858. The molecule has 0 saturated heterocycles. The lowest BCUT2D eigenvalue weighted by atomic mass is 9.92. The summed E-state index contributed by atoms with van der Waals surface area (Å²) >= 11 is 0. The van der Waals surface area contributed by atoms with Gasteiger partial charge in [0.1, 0.15) is 0 Å². The summed E-state index contributed by atoms with van der Waals surface area (Å²) in [7, 11) is 1.20. The molecule has 142 valence electrons. The summed E-state index contributed by atoms with van der Waals surface area (Å²) in [6, 6.07) is -0.797. The highest BCUT2D eigenvalue weighted by Crippen LogP contribution is 2.37. The van der Waals surface area contributed by atoms with Crippen molar-refractivity contribution in [2.45, 2.75) is 39.2 Å². The van der Waals surface area contributed by atoms with Crippen molar-refractivity contribution in [3.63, 3.8) is 0 Å². The van der Waals surface area contributed by atoms with Gasteiger partial charge in [-0.1, -0.05) is 13.3 Å². The highest BCUT2D eigenvalue weighted by Gasteiger charge is 2.50. The molecular weight excluding hydrogens is 332 g/mol. The average Bonchev–Trinajstić information content (AvgIpc) is 2.91. The largest absolute Gasteiger partial charge is 0.481 e. The van der Waals surface area contributed by atoms with Crippen molar-refractivity contribution in [1.82, 2.24) is 10.6 Å². The molecule has 9 heteroatoms. The van der Waals surface area contributed by atoms with Crippen LogP contribution in [0.3, 0.4) is 0 Å². The number of hydrogen-bond acceptors (Lipinski definition) is 6. The van der Waals surface area contributed by atoms with Crippen LogP contribution in [0.2, 0.25) is 0 Å². The van der Waals surface area contributed by atoms with Crippen LogP contribution < -0.4 is 10.6 Å². The number of rotatable bonds is 8. The molecule has 0 bridgehead atoms. The lowest BCUT2D eigenvalue weighted by molar-refractivity contribution is -0.146. The first-order valence-electron chi connectivity index (χ1n) is 8.30. The number of hydrogen-bond donors (Lipinski definition) is 3. The van der Waals surface area contributed by atoms with Gasteiger partial charge in [-0.2, -0.15) is 0 Å². The number of carbonyl (C=O) groups excluding carboxylic acids is 3. The molecule has 25 heavy (non-hydrogen) atoms. The van der Waals surface area contributed by atoms with E-state index in [0.717, 1.165) is 6.42 Å². The average molecular weight is 358 g/mol. The summed E-state index contributed by atoms with van der Waals surface area (Å²) < 4.78 is 9.77. The van der Waals surface area contributed by atoms with Crippen LogP contribution >= 0.6 is 0 Å². The third-order valence-electron chi connectivity index (χ3n) is 4.34. The highest BCUT2D eigenvalue weighted by molar-refractivity contribution is 5.79. The van der Waals surface area contributed by atoms with Crippen molar-refractivity contribution < 1.29 is 33.8 Å². The summed E-state index contributed by atoms with van der Waals surface area (Å²) in [5, 5.41) is 14.6. The Hall–Kier alpha value is -2.32. The first kappa shape index (κ1) is 20.7.